The maximum atomic E-state index is 12.7. The first-order chi connectivity index (χ1) is 9.49. The van der Waals surface area contributed by atoms with Crippen LogP contribution in [0.4, 0.5) is 0 Å². The molecule has 2 saturated carbocycles. The largest absolute Gasteiger partial charge is 0.345 e. The van der Waals surface area contributed by atoms with Gasteiger partial charge in [-0.1, -0.05) is 33.1 Å². The van der Waals surface area contributed by atoms with Crippen molar-refractivity contribution >= 4 is 5.91 Å². The molecule has 2 aliphatic carbocycles. The number of nitrogens with zero attached hydrogens (tertiary/aromatic N) is 1. The summed E-state index contributed by atoms with van der Waals surface area (Å²) >= 11 is 0. The second kappa shape index (κ2) is 6.93. The van der Waals surface area contributed by atoms with Gasteiger partial charge in [0, 0.05) is 25.6 Å². The summed E-state index contributed by atoms with van der Waals surface area (Å²) in [5.74, 6) is 2.24. The van der Waals surface area contributed by atoms with Crippen molar-refractivity contribution in [3.05, 3.63) is 0 Å². The zero-order valence-corrected chi connectivity index (χ0v) is 13.5. The van der Waals surface area contributed by atoms with E-state index in [1.807, 2.05) is 11.9 Å². The number of rotatable bonds is 3. The Morgan fingerprint density at radius 1 is 1.10 bits per heavy atom. The van der Waals surface area contributed by atoms with Crippen LogP contribution in [-0.4, -0.2) is 30.4 Å². The fourth-order valence-electron chi connectivity index (χ4n) is 4.16. The molecule has 2 aliphatic rings. The number of hydrogen-bond donors (Lipinski definition) is 1. The van der Waals surface area contributed by atoms with Crippen molar-refractivity contribution in [2.75, 3.05) is 13.6 Å². The molecule has 3 nitrogen and oxygen atoms in total. The van der Waals surface area contributed by atoms with Crippen LogP contribution >= 0.6 is 0 Å². The van der Waals surface area contributed by atoms with Crippen LogP contribution in [0, 0.1) is 23.7 Å². The van der Waals surface area contributed by atoms with E-state index in [1.165, 1.54) is 32.1 Å². The molecule has 2 N–H and O–H groups in total. The van der Waals surface area contributed by atoms with E-state index in [1.54, 1.807) is 0 Å². The molecule has 0 aromatic heterocycles. The Labute approximate surface area is 124 Å². The first-order valence-electron chi connectivity index (χ1n) is 8.49. The van der Waals surface area contributed by atoms with Crippen LogP contribution in [0.5, 0.6) is 0 Å². The quantitative estimate of drug-likeness (QED) is 0.863. The molecule has 20 heavy (non-hydrogen) atoms. The van der Waals surface area contributed by atoms with Gasteiger partial charge in [0.1, 0.15) is 0 Å². The molecule has 2 fully saturated rings. The summed E-state index contributed by atoms with van der Waals surface area (Å²) in [5, 5.41) is 0. The SMILES string of the molecule is CC1CC(C)C(C(=O)N(C)CC2CCCCC2)CC1N. The molecule has 0 spiro atoms. The van der Waals surface area contributed by atoms with Crippen molar-refractivity contribution in [3.63, 3.8) is 0 Å². The van der Waals surface area contributed by atoms with Gasteiger partial charge in [-0.3, -0.25) is 4.79 Å². The molecule has 1 amide bonds. The fourth-order valence-corrected chi connectivity index (χ4v) is 4.16. The molecule has 3 heteroatoms. The number of hydrogen-bond acceptors (Lipinski definition) is 2. The minimum atomic E-state index is 0.148. The van der Waals surface area contributed by atoms with Crippen molar-refractivity contribution in [3.8, 4) is 0 Å². The zero-order chi connectivity index (χ0) is 14.7. The lowest BCUT2D eigenvalue weighted by Gasteiger charge is -2.38. The van der Waals surface area contributed by atoms with Crippen molar-refractivity contribution in [1.29, 1.82) is 0 Å². The average molecular weight is 280 g/mol. The highest BCUT2D eigenvalue weighted by Gasteiger charge is 2.36. The summed E-state index contributed by atoms with van der Waals surface area (Å²) in [5.41, 5.74) is 6.18. The van der Waals surface area contributed by atoms with E-state index in [-0.39, 0.29) is 12.0 Å². The summed E-state index contributed by atoms with van der Waals surface area (Å²) in [6, 6.07) is 0.197. The first kappa shape index (κ1) is 15.8. The van der Waals surface area contributed by atoms with E-state index in [2.05, 4.69) is 13.8 Å². The van der Waals surface area contributed by atoms with Crippen molar-refractivity contribution in [2.45, 2.75) is 64.8 Å². The Morgan fingerprint density at radius 2 is 1.75 bits per heavy atom. The van der Waals surface area contributed by atoms with Gasteiger partial charge in [-0.05, 0) is 43.4 Å². The highest BCUT2D eigenvalue weighted by molar-refractivity contribution is 5.79. The molecule has 0 aliphatic heterocycles. The lowest BCUT2D eigenvalue weighted by atomic mass is 9.72. The fraction of sp³-hybridized carbons (Fsp3) is 0.941. The third-order valence-electron chi connectivity index (χ3n) is 5.64. The second-order valence-corrected chi connectivity index (χ2v) is 7.42. The zero-order valence-electron chi connectivity index (χ0n) is 13.5. The van der Waals surface area contributed by atoms with Crippen LogP contribution in [0.3, 0.4) is 0 Å². The molecule has 4 unspecified atom stereocenters. The van der Waals surface area contributed by atoms with Crippen LogP contribution in [-0.2, 0) is 4.79 Å². The van der Waals surface area contributed by atoms with E-state index in [4.69, 9.17) is 5.73 Å². The van der Waals surface area contributed by atoms with Gasteiger partial charge in [-0.2, -0.15) is 0 Å². The smallest absolute Gasteiger partial charge is 0.225 e. The van der Waals surface area contributed by atoms with Crippen molar-refractivity contribution < 1.29 is 4.79 Å². The van der Waals surface area contributed by atoms with E-state index in [0.29, 0.717) is 17.7 Å². The van der Waals surface area contributed by atoms with Crippen molar-refractivity contribution in [2.24, 2.45) is 29.4 Å². The second-order valence-electron chi connectivity index (χ2n) is 7.42. The van der Waals surface area contributed by atoms with E-state index in [9.17, 15) is 4.79 Å². The molecule has 0 bridgehead atoms. The topological polar surface area (TPSA) is 46.3 Å². The van der Waals surface area contributed by atoms with Crippen molar-refractivity contribution in [1.82, 2.24) is 4.90 Å². The highest BCUT2D eigenvalue weighted by atomic mass is 16.2. The van der Waals surface area contributed by atoms with Gasteiger partial charge in [0.15, 0.2) is 0 Å². The predicted molar refractivity (Wildman–Crippen MR) is 83.2 cm³/mol. The lowest BCUT2D eigenvalue weighted by Crippen LogP contribution is -2.46. The Hall–Kier alpha value is -0.570. The van der Waals surface area contributed by atoms with Crippen LogP contribution < -0.4 is 5.73 Å². The third-order valence-corrected chi connectivity index (χ3v) is 5.64. The monoisotopic (exact) mass is 280 g/mol. The molecule has 2 rings (SSSR count). The molecule has 0 saturated heterocycles. The van der Waals surface area contributed by atoms with Crippen LogP contribution in [0.1, 0.15) is 58.8 Å². The maximum Gasteiger partial charge on any atom is 0.225 e. The van der Waals surface area contributed by atoms with Gasteiger partial charge in [-0.25, -0.2) is 0 Å². The van der Waals surface area contributed by atoms with Crippen LogP contribution in [0.15, 0.2) is 0 Å². The minimum Gasteiger partial charge on any atom is -0.345 e. The molecule has 4 atom stereocenters. The molecular weight excluding hydrogens is 248 g/mol. The van der Waals surface area contributed by atoms with Gasteiger partial charge >= 0.3 is 0 Å². The highest BCUT2D eigenvalue weighted by Crippen LogP contribution is 2.34. The third kappa shape index (κ3) is 3.75. The molecular formula is C17H32N2O. The number of nitrogens with two attached hydrogens (primary N) is 1. The summed E-state index contributed by atoms with van der Waals surface area (Å²) in [6.45, 7) is 5.39. The standard InChI is InChI=1S/C17H32N2O/c1-12-9-13(2)16(18)10-15(12)17(20)19(3)11-14-7-5-4-6-8-14/h12-16H,4-11,18H2,1-3H3. The Bertz CT molecular complexity index is 325. The van der Waals surface area contributed by atoms with Gasteiger partial charge in [0.2, 0.25) is 5.91 Å². The van der Waals surface area contributed by atoms with Gasteiger partial charge in [0.05, 0.1) is 0 Å². The first-order valence-corrected chi connectivity index (χ1v) is 8.49. The van der Waals surface area contributed by atoms with Gasteiger partial charge < -0.3 is 10.6 Å². The van der Waals surface area contributed by atoms with Crippen LogP contribution in [0.2, 0.25) is 0 Å². The van der Waals surface area contributed by atoms with E-state index >= 15 is 0 Å². The van der Waals surface area contributed by atoms with E-state index < -0.39 is 0 Å². The summed E-state index contributed by atoms with van der Waals surface area (Å²) < 4.78 is 0. The summed E-state index contributed by atoms with van der Waals surface area (Å²) in [6.07, 6.45) is 8.62. The molecule has 0 heterocycles. The van der Waals surface area contributed by atoms with E-state index in [0.717, 1.165) is 25.3 Å². The predicted octanol–water partition coefficient (Wildman–Crippen LogP) is 3.03. The summed E-state index contributed by atoms with van der Waals surface area (Å²) in [4.78, 5) is 14.7. The number of amides is 1. The Balaban J connectivity index is 1.88. The molecule has 0 radical (unpaired) electrons. The normalized spacial score (nSPS) is 35.8. The lowest BCUT2D eigenvalue weighted by molar-refractivity contribution is -0.138. The molecule has 0 aromatic carbocycles. The maximum absolute atomic E-state index is 12.7. The van der Waals surface area contributed by atoms with Crippen LogP contribution in [0.25, 0.3) is 0 Å². The molecule has 0 aromatic rings. The Morgan fingerprint density at radius 3 is 2.40 bits per heavy atom. The molecule has 116 valence electrons. The summed E-state index contributed by atoms with van der Waals surface area (Å²) in [7, 11) is 1.99. The number of carbonyl (C=O) groups is 1. The Kier molecular flexibility index (Phi) is 5.48. The minimum absolute atomic E-state index is 0.148. The van der Waals surface area contributed by atoms with Gasteiger partial charge in [-0.15, -0.1) is 0 Å². The average Bonchev–Trinajstić information content (AvgIpc) is 2.43. The number of carbonyl (C=O) groups excluding carboxylic acids is 1. The van der Waals surface area contributed by atoms with Gasteiger partial charge in [0.25, 0.3) is 0 Å².